The van der Waals surface area contributed by atoms with E-state index in [1.54, 1.807) is 7.05 Å². The van der Waals surface area contributed by atoms with Crippen LogP contribution in [0, 0.1) is 6.92 Å². The Labute approximate surface area is 152 Å². The number of fused-ring (bicyclic) bond motifs is 1. The molecule has 0 fully saturated rings. The topological polar surface area (TPSA) is 54.2 Å². The van der Waals surface area contributed by atoms with E-state index in [0.29, 0.717) is 12.6 Å². The van der Waals surface area contributed by atoms with Crippen LogP contribution in [-0.2, 0) is 20.0 Å². The molecule has 0 bridgehead atoms. The lowest BCUT2D eigenvalue weighted by atomic mass is 10.2. The lowest BCUT2D eigenvalue weighted by Crippen LogP contribution is -2.42. The number of aryl methyl sites for hydroxylation is 2. The van der Waals surface area contributed by atoms with Crippen molar-refractivity contribution >= 4 is 28.3 Å². The van der Waals surface area contributed by atoms with Crippen molar-refractivity contribution in [2.24, 2.45) is 12.0 Å². The van der Waals surface area contributed by atoms with E-state index < -0.39 is 0 Å². The van der Waals surface area contributed by atoms with Crippen molar-refractivity contribution in [1.29, 1.82) is 0 Å². The molecule has 0 radical (unpaired) electrons. The van der Waals surface area contributed by atoms with Crippen molar-refractivity contribution in [3.8, 4) is 0 Å². The molecule has 6 heteroatoms. The van der Waals surface area contributed by atoms with Gasteiger partial charge in [-0.25, -0.2) is 4.98 Å². The van der Waals surface area contributed by atoms with Crippen LogP contribution < -0.4 is 10.6 Å². The summed E-state index contributed by atoms with van der Waals surface area (Å²) in [5, 5.41) is 6.82. The van der Waals surface area contributed by atoms with Crippen molar-refractivity contribution in [2.75, 3.05) is 7.05 Å². The fourth-order valence-electron chi connectivity index (χ4n) is 2.89. The molecule has 0 saturated carbocycles. The van der Waals surface area contributed by atoms with Gasteiger partial charge in [0.1, 0.15) is 5.82 Å². The zero-order valence-corrected chi connectivity index (χ0v) is 16.0. The maximum atomic E-state index is 4.69. The van der Waals surface area contributed by atoms with Gasteiger partial charge in [-0.1, -0.05) is 12.1 Å². The van der Waals surface area contributed by atoms with E-state index in [9.17, 15) is 0 Å². The number of aliphatic imine (C=N–C) groups is 1. The molecule has 3 aromatic rings. The lowest BCUT2D eigenvalue weighted by molar-refractivity contribution is 0.638. The van der Waals surface area contributed by atoms with Crippen LogP contribution in [0.3, 0.4) is 0 Å². The average Bonchev–Trinajstić information content (AvgIpc) is 3.15. The van der Waals surface area contributed by atoms with Crippen molar-refractivity contribution in [3.63, 3.8) is 0 Å². The van der Waals surface area contributed by atoms with Gasteiger partial charge in [0.2, 0.25) is 0 Å². The number of thiophene rings is 1. The molecule has 0 saturated heterocycles. The van der Waals surface area contributed by atoms with E-state index in [2.05, 4.69) is 57.2 Å². The Bertz CT molecular complexity index is 877. The first-order valence-electron chi connectivity index (χ1n) is 8.49. The molecule has 0 spiro atoms. The first-order valence-corrected chi connectivity index (χ1v) is 9.31. The van der Waals surface area contributed by atoms with Crippen LogP contribution in [0.4, 0.5) is 0 Å². The highest BCUT2D eigenvalue weighted by Gasteiger charge is 2.10. The summed E-state index contributed by atoms with van der Waals surface area (Å²) in [6, 6.07) is 12.9. The smallest absolute Gasteiger partial charge is 0.191 e. The van der Waals surface area contributed by atoms with Crippen LogP contribution in [0.2, 0.25) is 0 Å². The highest BCUT2D eigenvalue weighted by Crippen LogP contribution is 2.17. The standard InChI is InChI=1S/C19H25N5S/c1-13(11-15-10-9-14(2)25-15)22-19(20-3)21-12-18-23-16-7-5-6-8-17(16)24(18)4/h5-10,13H,11-12H2,1-4H3,(H2,20,21,22). The van der Waals surface area contributed by atoms with E-state index >= 15 is 0 Å². The number of benzene rings is 1. The number of nitrogens with zero attached hydrogens (tertiary/aromatic N) is 3. The Hall–Kier alpha value is -2.34. The van der Waals surface area contributed by atoms with E-state index in [-0.39, 0.29) is 0 Å². The summed E-state index contributed by atoms with van der Waals surface area (Å²) in [5.74, 6) is 1.79. The van der Waals surface area contributed by atoms with Gasteiger partial charge in [0, 0.05) is 36.3 Å². The number of hydrogen-bond acceptors (Lipinski definition) is 3. The molecular weight excluding hydrogens is 330 g/mol. The Kier molecular flexibility index (Phi) is 5.38. The normalized spacial score (nSPS) is 13.2. The predicted molar refractivity (Wildman–Crippen MR) is 106 cm³/mol. The first kappa shape index (κ1) is 17.5. The number of nitrogens with one attached hydrogen (secondary N) is 2. The van der Waals surface area contributed by atoms with E-state index in [1.807, 2.05) is 36.6 Å². The zero-order chi connectivity index (χ0) is 17.8. The van der Waals surface area contributed by atoms with Crippen LogP contribution in [-0.4, -0.2) is 28.6 Å². The van der Waals surface area contributed by atoms with E-state index in [0.717, 1.165) is 29.2 Å². The third kappa shape index (κ3) is 4.20. The second kappa shape index (κ2) is 7.70. The van der Waals surface area contributed by atoms with Crippen LogP contribution in [0.25, 0.3) is 11.0 Å². The molecule has 0 amide bonds. The third-order valence-corrected chi connectivity index (χ3v) is 5.23. The molecule has 0 aliphatic heterocycles. The molecule has 5 nitrogen and oxygen atoms in total. The van der Waals surface area contributed by atoms with Gasteiger partial charge in [0.25, 0.3) is 0 Å². The maximum Gasteiger partial charge on any atom is 0.191 e. The molecule has 1 aromatic carbocycles. The zero-order valence-electron chi connectivity index (χ0n) is 15.2. The SMILES string of the molecule is CN=C(NCc1nc2ccccc2n1C)NC(C)Cc1ccc(C)s1. The molecule has 0 aliphatic carbocycles. The summed E-state index contributed by atoms with van der Waals surface area (Å²) in [7, 11) is 3.84. The molecule has 2 heterocycles. The second-order valence-electron chi connectivity index (χ2n) is 6.26. The Balaban J connectivity index is 1.59. The monoisotopic (exact) mass is 355 g/mol. The van der Waals surface area contributed by atoms with Crippen molar-refractivity contribution in [2.45, 2.75) is 32.9 Å². The summed E-state index contributed by atoms with van der Waals surface area (Å²) in [6.07, 6.45) is 0.992. The van der Waals surface area contributed by atoms with Crippen molar-refractivity contribution in [3.05, 3.63) is 52.0 Å². The summed E-state index contributed by atoms with van der Waals surface area (Å²) in [5.41, 5.74) is 2.16. The third-order valence-electron chi connectivity index (χ3n) is 4.20. The minimum Gasteiger partial charge on any atom is -0.354 e. The van der Waals surface area contributed by atoms with Gasteiger partial charge in [-0.3, -0.25) is 4.99 Å². The highest BCUT2D eigenvalue weighted by atomic mass is 32.1. The fourth-order valence-corrected chi connectivity index (χ4v) is 3.91. The Morgan fingerprint density at radius 1 is 1.28 bits per heavy atom. The minimum atomic E-state index is 0.310. The summed E-state index contributed by atoms with van der Waals surface area (Å²) in [4.78, 5) is 11.8. The van der Waals surface area contributed by atoms with Crippen LogP contribution in [0.5, 0.6) is 0 Å². The first-order chi connectivity index (χ1) is 12.1. The number of guanidine groups is 1. The average molecular weight is 356 g/mol. The van der Waals surface area contributed by atoms with Gasteiger partial charge >= 0.3 is 0 Å². The summed E-state index contributed by atoms with van der Waals surface area (Å²) >= 11 is 1.85. The molecular formula is C19H25N5S. The highest BCUT2D eigenvalue weighted by molar-refractivity contribution is 7.11. The van der Waals surface area contributed by atoms with Crippen LogP contribution in [0.15, 0.2) is 41.4 Å². The van der Waals surface area contributed by atoms with Gasteiger partial charge in [-0.15, -0.1) is 11.3 Å². The minimum absolute atomic E-state index is 0.310. The molecule has 1 atom stereocenters. The Morgan fingerprint density at radius 2 is 2.08 bits per heavy atom. The largest absolute Gasteiger partial charge is 0.354 e. The van der Waals surface area contributed by atoms with Crippen LogP contribution >= 0.6 is 11.3 Å². The molecule has 3 rings (SSSR count). The lowest BCUT2D eigenvalue weighted by Gasteiger charge is -2.17. The molecule has 1 unspecified atom stereocenters. The summed E-state index contributed by atoms with van der Waals surface area (Å²) in [6.45, 7) is 4.95. The number of imidazole rings is 1. The summed E-state index contributed by atoms with van der Waals surface area (Å²) < 4.78 is 2.12. The van der Waals surface area contributed by atoms with Gasteiger partial charge in [-0.05, 0) is 38.1 Å². The van der Waals surface area contributed by atoms with Gasteiger partial charge in [0.15, 0.2) is 5.96 Å². The molecule has 25 heavy (non-hydrogen) atoms. The van der Waals surface area contributed by atoms with Gasteiger partial charge in [0.05, 0.1) is 17.6 Å². The predicted octanol–water partition coefficient (Wildman–Crippen LogP) is 3.24. The van der Waals surface area contributed by atoms with E-state index in [4.69, 9.17) is 0 Å². The van der Waals surface area contributed by atoms with Gasteiger partial charge < -0.3 is 15.2 Å². The fraction of sp³-hybridized carbons (Fsp3) is 0.368. The number of aromatic nitrogens is 2. The molecule has 2 aromatic heterocycles. The van der Waals surface area contributed by atoms with Gasteiger partial charge in [-0.2, -0.15) is 0 Å². The van der Waals surface area contributed by atoms with Crippen molar-refractivity contribution in [1.82, 2.24) is 20.2 Å². The Morgan fingerprint density at radius 3 is 2.76 bits per heavy atom. The molecule has 2 N–H and O–H groups in total. The number of rotatable bonds is 5. The number of hydrogen-bond donors (Lipinski definition) is 2. The molecule has 132 valence electrons. The maximum absolute atomic E-state index is 4.69. The number of para-hydroxylation sites is 2. The molecule has 0 aliphatic rings. The second-order valence-corrected chi connectivity index (χ2v) is 7.64. The van der Waals surface area contributed by atoms with Crippen LogP contribution in [0.1, 0.15) is 22.5 Å². The quantitative estimate of drug-likeness (QED) is 0.546. The van der Waals surface area contributed by atoms with E-state index in [1.165, 1.54) is 9.75 Å². The van der Waals surface area contributed by atoms with Crippen molar-refractivity contribution < 1.29 is 0 Å².